The fourth-order valence-electron chi connectivity index (χ4n) is 2.50. The minimum absolute atomic E-state index is 0.0320. The van der Waals surface area contributed by atoms with E-state index in [0.717, 1.165) is 11.1 Å². The second-order valence-corrected chi connectivity index (χ2v) is 6.46. The van der Waals surface area contributed by atoms with E-state index in [1.54, 1.807) is 29.4 Å². The molecule has 0 saturated carbocycles. The van der Waals surface area contributed by atoms with E-state index >= 15 is 0 Å². The van der Waals surface area contributed by atoms with Gasteiger partial charge in [0, 0.05) is 24.0 Å². The number of aryl methyl sites for hydroxylation is 1. The molecule has 3 aromatic rings. The fourth-order valence-corrected chi connectivity index (χ4v) is 2.50. The Labute approximate surface area is 158 Å². The Morgan fingerprint density at radius 1 is 1.15 bits per heavy atom. The van der Waals surface area contributed by atoms with Crippen molar-refractivity contribution in [1.29, 1.82) is 0 Å². The highest BCUT2D eigenvalue weighted by molar-refractivity contribution is 5.78. The van der Waals surface area contributed by atoms with Crippen molar-refractivity contribution < 1.29 is 14.1 Å². The number of carbonyl (C=O) groups excluding carboxylic acids is 1. The number of hydrogen-bond acceptors (Lipinski definition) is 6. The van der Waals surface area contributed by atoms with E-state index in [0.29, 0.717) is 17.5 Å². The van der Waals surface area contributed by atoms with Crippen molar-refractivity contribution in [1.82, 2.24) is 20.0 Å². The van der Waals surface area contributed by atoms with E-state index in [1.807, 2.05) is 45.0 Å². The highest BCUT2D eigenvalue weighted by Crippen LogP contribution is 2.16. The molecule has 2 heterocycles. The van der Waals surface area contributed by atoms with Gasteiger partial charge in [0.05, 0.1) is 0 Å². The lowest BCUT2D eigenvalue weighted by Crippen LogP contribution is -2.39. The molecule has 7 heteroatoms. The van der Waals surface area contributed by atoms with Crippen LogP contribution in [-0.2, 0) is 11.3 Å². The molecule has 0 spiro atoms. The Kier molecular flexibility index (Phi) is 5.80. The quantitative estimate of drug-likeness (QED) is 0.638. The van der Waals surface area contributed by atoms with Crippen molar-refractivity contribution in [3.63, 3.8) is 0 Å². The zero-order chi connectivity index (χ0) is 19.2. The van der Waals surface area contributed by atoms with Gasteiger partial charge in [-0.05, 0) is 45.0 Å². The molecule has 0 aliphatic heterocycles. The Morgan fingerprint density at radius 2 is 1.85 bits per heavy atom. The maximum atomic E-state index is 12.6. The van der Waals surface area contributed by atoms with E-state index in [9.17, 15) is 4.79 Å². The van der Waals surface area contributed by atoms with Crippen molar-refractivity contribution in [3.8, 4) is 17.1 Å². The zero-order valence-electron chi connectivity index (χ0n) is 15.6. The van der Waals surface area contributed by atoms with Gasteiger partial charge >= 0.3 is 0 Å². The molecule has 0 atom stereocenters. The molecule has 0 aliphatic rings. The third kappa shape index (κ3) is 4.91. The fraction of sp³-hybridized carbons (Fsp3) is 0.300. The second kappa shape index (κ2) is 8.44. The van der Waals surface area contributed by atoms with Gasteiger partial charge in [0.25, 0.3) is 5.91 Å². The first-order chi connectivity index (χ1) is 13.0. The molecule has 0 unspecified atom stereocenters. The monoisotopic (exact) mass is 366 g/mol. The van der Waals surface area contributed by atoms with Gasteiger partial charge < -0.3 is 14.2 Å². The molecule has 3 rings (SSSR count). The minimum atomic E-state index is -0.144. The Hall–Kier alpha value is -3.22. The molecule has 27 heavy (non-hydrogen) atoms. The summed E-state index contributed by atoms with van der Waals surface area (Å²) >= 11 is 0. The summed E-state index contributed by atoms with van der Waals surface area (Å²) in [6, 6.07) is 11.2. The minimum Gasteiger partial charge on any atom is -0.484 e. The number of pyridine rings is 1. The van der Waals surface area contributed by atoms with E-state index in [1.165, 1.54) is 0 Å². The molecule has 140 valence electrons. The Morgan fingerprint density at radius 3 is 2.52 bits per heavy atom. The maximum absolute atomic E-state index is 12.6. The molecule has 0 aliphatic carbocycles. The summed E-state index contributed by atoms with van der Waals surface area (Å²) < 4.78 is 10.9. The molecule has 0 bridgehead atoms. The van der Waals surface area contributed by atoms with Crippen LogP contribution >= 0.6 is 0 Å². The van der Waals surface area contributed by atoms with Crippen LogP contribution in [0.4, 0.5) is 0 Å². The van der Waals surface area contributed by atoms with Crippen LogP contribution in [0.3, 0.4) is 0 Å². The van der Waals surface area contributed by atoms with Gasteiger partial charge in [0.15, 0.2) is 6.61 Å². The molecule has 0 radical (unpaired) electrons. The van der Waals surface area contributed by atoms with Crippen molar-refractivity contribution in [2.75, 3.05) is 6.61 Å². The van der Waals surface area contributed by atoms with E-state index in [4.69, 9.17) is 9.26 Å². The van der Waals surface area contributed by atoms with Crippen molar-refractivity contribution in [2.24, 2.45) is 0 Å². The molecule has 1 amide bonds. The number of hydrogen-bond donors (Lipinski definition) is 0. The van der Waals surface area contributed by atoms with E-state index in [2.05, 4.69) is 15.1 Å². The summed E-state index contributed by atoms with van der Waals surface area (Å²) in [5, 5.41) is 3.98. The standard InChI is InChI=1S/C20H22N4O3/c1-14(2)24(19(25)13-26-17-6-4-15(3)5-7-17)12-18-22-20(23-27-18)16-8-10-21-11-9-16/h4-11,14H,12-13H2,1-3H3. The summed E-state index contributed by atoms with van der Waals surface area (Å²) in [6.07, 6.45) is 3.33. The first kappa shape index (κ1) is 18.6. The molecule has 0 saturated heterocycles. The highest BCUT2D eigenvalue weighted by Gasteiger charge is 2.21. The third-order valence-electron chi connectivity index (χ3n) is 4.04. The molecule has 2 aromatic heterocycles. The predicted octanol–water partition coefficient (Wildman–Crippen LogP) is 3.26. The normalized spacial score (nSPS) is 10.8. The third-order valence-corrected chi connectivity index (χ3v) is 4.04. The van der Waals surface area contributed by atoms with Crippen LogP contribution < -0.4 is 4.74 Å². The number of benzene rings is 1. The Bertz CT molecular complexity index is 876. The van der Waals surface area contributed by atoms with Gasteiger partial charge in [-0.3, -0.25) is 9.78 Å². The second-order valence-electron chi connectivity index (χ2n) is 6.46. The van der Waals surface area contributed by atoms with Gasteiger partial charge in [-0.15, -0.1) is 0 Å². The summed E-state index contributed by atoms with van der Waals surface area (Å²) in [5.74, 6) is 1.36. The number of ether oxygens (including phenoxy) is 1. The van der Waals surface area contributed by atoms with Crippen molar-refractivity contribution >= 4 is 5.91 Å². The molecular weight excluding hydrogens is 344 g/mol. The van der Waals surface area contributed by atoms with Crippen LogP contribution in [0.1, 0.15) is 25.3 Å². The number of nitrogens with zero attached hydrogens (tertiary/aromatic N) is 4. The molecule has 0 N–H and O–H groups in total. The lowest BCUT2D eigenvalue weighted by atomic mass is 10.2. The maximum Gasteiger partial charge on any atom is 0.261 e. The average molecular weight is 366 g/mol. The van der Waals surface area contributed by atoms with Crippen LogP contribution in [0.15, 0.2) is 53.3 Å². The van der Waals surface area contributed by atoms with Gasteiger partial charge in [0.2, 0.25) is 11.7 Å². The number of amides is 1. The lowest BCUT2D eigenvalue weighted by Gasteiger charge is -2.25. The number of carbonyl (C=O) groups is 1. The number of aromatic nitrogens is 3. The van der Waals surface area contributed by atoms with Crippen LogP contribution in [0.25, 0.3) is 11.4 Å². The summed E-state index contributed by atoms with van der Waals surface area (Å²) in [5.41, 5.74) is 1.95. The van der Waals surface area contributed by atoms with Gasteiger partial charge in [-0.2, -0.15) is 4.98 Å². The lowest BCUT2D eigenvalue weighted by molar-refractivity contribution is -0.136. The van der Waals surface area contributed by atoms with Crippen molar-refractivity contribution in [3.05, 3.63) is 60.2 Å². The van der Waals surface area contributed by atoms with Crippen LogP contribution in [0, 0.1) is 6.92 Å². The van der Waals surface area contributed by atoms with E-state index in [-0.39, 0.29) is 25.1 Å². The number of rotatable bonds is 7. The summed E-state index contributed by atoms with van der Waals surface area (Å²) in [4.78, 5) is 22.6. The highest BCUT2D eigenvalue weighted by atomic mass is 16.5. The molecule has 7 nitrogen and oxygen atoms in total. The first-order valence-electron chi connectivity index (χ1n) is 8.75. The predicted molar refractivity (Wildman–Crippen MR) is 99.9 cm³/mol. The summed E-state index contributed by atoms with van der Waals surface area (Å²) in [6.45, 7) is 6.05. The van der Waals surface area contributed by atoms with Gasteiger partial charge in [0.1, 0.15) is 12.3 Å². The molecule has 1 aromatic carbocycles. The van der Waals surface area contributed by atoms with E-state index < -0.39 is 0 Å². The topological polar surface area (TPSA) is 81.4 Å². The summed E-state index contributed by atoms with van der Waals surface area (Å²) in [7, 11) is 0. The largest absolute Gasteiger partial charge is 0.484 e. The Balaban J connectivity index is 1.64. The average Bonchev–Trinajstić information content (AvgIpc) is 3.15. The van der Waals surface area contributed by atoms with Crippen LogP contribution in [0.5, 0.6) is 5.75 Å². The van der Waals surface area contributed by atoms with Crippen molar-refractivity contribution in [2.45, 2.75) is 33.4 Å². The SMILES string of the molecule is Cc1ccc(OCC(=O)N(Cc2nc(-c3ccncc3)no2)C(C)C)cc1. The molecule has 0 fully saturated rings. The van der Waals surface area contributed by atoms with Crippen LogP contribution in [-0.4, -0.2) is 38.6 Å². The van der Waals surface area contributed by atoms with Gasteiger partial charge in [-0.25, -0.2) is 0 Å². The zero-order valence-corrected chi connectivity index (χ0v) is 15.6. The van der Waals surface area contributed by atoms with Crippen LogP contribution in [0.2, 0.25) is 0 Å². The molecular formula is C20H22N4O3. The van der Waals surface area contributed by atoms with Gasteiger partial charge in [-0.1, -0.05) is 22.9 Å². The smallest absolute Gasteiger partial charge is 0.261 e. The first-order valence-corrected chi connectivity index (χ1v) is 8.75.